The van der Waals surface area contributed by atoms with E-state index in [1.807, 2.05) is 37.3 Å². The molecule has 1 aromatic carbocycles. The number of carbonyl (C=O) groups is 2. The number of amides is 1. The average Bonchev–Trinajstić information content (AvgIpc) is 2.26. The fourth-order valence-electron chi connectivity index (χ4n) is 1.31. The summed E-state index contributed by atoms with van der Waals surface area (Å²) in [4.78, 5) is 21.1. The fraction of sp³-hybridized carbons (Fsp3) is 0.273. The largest absolute Gasteiger partial charge is 0.343 e. The van der Waals surface area contributed by atoms with E-state index in [1.54, 1.807) is 0 Å². The lowest BCUT2D eigenvalue weighted by molar-refractivity contribution is -0.131. The molecule has 1 amide bonds. The summed E-state index contributed by atoms with van der Waals surface area (Å²) in [6.45, 7) is 1.96. The third-order valence-corrected chi connectivity index (χ3v) is 2.03. The molecule has 0 heterocycles. The molecule has 1 N–H and O–H groups in total. The maximum atomic E-state index is 10.9. The second-order valence-electron chi connectivity index (χ2n) is 3.00. The zero-order valence-corrected chi connectivity index (χ0v) is 8.07. The number of carbonyl (C=O) groups excluding carboxylic acids is 2. The Morgan fingerprint density at radius 1 is 1.43 bits per heavy atom. The van der Waals surface area contributed by atoms with Crippen molar-refractivity contribution in [1.29, 1.82) is 0 Å². The lowest BCUT2D eigenvalue weighted by Crippen LogP contribution is -2.28. The zero-order valence-electron chi connectivity index (χ0n) is 8.07. The van der Waals surface area contributed by atoms with E-state index in [4.69, 9.17) is 0 Å². The van der Waals surface area contributed by atoms with Crippen LogP contribution in [0.15, 0.2) is 30.3 Å². The highest BCUT2D eigenvalue weighted by molar-refractivity contribution is 6.23. The Labute approximate surface area is 83.1 Å². The molecule has 0 bridgehead atoms. The Hall–Kier alpha value is -1.64. The highest BCUT2D eigenvalue weighted by Crippen LogP contribution is 2.15. The van der Waals surface area contributed by atoms with Crippen molar-refractivity contribution >= 4 is 12.2 Å². The Morgan fingerprint density at radius 2 is 2.07 bits per heavy atom. The second-order valence-corrected chi connectivity index (χ2v) is 3.00. The molecule has 74 valence electrons. The first-order valence-electron chi connectivity index (χ1n) is 4.58. The van der Waals surface area contributed by atoms with Gasteiger partial charge < -0.3 is 5.32 Å². The van der Waals surface area contributed by atoms with Crippen molar-refractivity contribution in [3.8, 4) is 0 Å². The first-order chi connectivity index (χ1) is 6.77. The molecule has 0 saturated carbocycles. The van der Waals surface area contributed by atoms with Crippen molar-refractivity contribution in [1.82, 2.24) is 5.32 Å². The first-order valence-corrected chi connectivity index (χ1v) is 4.58. The molecular formula is C11H13NO2. The van der Waals surface area contributed by atoms with Crippen molar-refractivity contribution in [2.24, 2.45) is 0 Å². The molecule has 0 saturated heterocycles. The Kier molecular flexibility index (Phi) is 3.85. The van der Waals surface area contributed by atoms with Gasteiger partial charge in [-0.1, -0.05) is 37.3 Å². The van der Waals surface area contributed by atoms with Crippen molar-refractivity contribution in [3.63, 3.8) is 0 Å². The van der Waals surface area contributed by atoms with Crippen LogP contribution in [0.4, 0.5) is 0 Å². The van der Waals surface area contributed by atoms with Crippen LogP contribution in [-0.2, 0) is 9.59 Å². The van der Waals surface area contributed by atoms with Crippen molar-refractivity contribution in [2.75, 3.05) is 0 Å². The number of aldehydes is 1. The van der Waals surface area contributed by atoms with Crippen molar-refractivity contribution in [3.05, 3.63) is 35.9 Å². The number of nitrogens with one attached hydrogen (secondary N) is 1. The molecule has 3 nitrogen and oxygen atoms in total. The van der Waals surface area contributed by atoms with Crippen LogP contribution in [0.25, 0.3) is 0 Å². The van der Waals surface area contributed by atoms with E-state index in [0.29, 0.717) is 6.29 Å². The van der Waals surface area contributed by atoms with Gasteiger partial charge in [-0.3, -0.25) is 9.59 Å². The van der Waals surface area contributed by atoms with Crippen molar-refractivity contribution in [2.45, 2.75) is 19.4 Å². The summed E-state index contributed by atoms with van der Waals surface area (Å²) in [6.07, 6.45) is 1.06. The highest BCUT2D eigenvalue weighted by Gasteiger charge is 2.10. The quantitative estimate of drug-likeness (QED) is 0.578. The minimum absolute atomic E-state index is 0.0751. The molecule has 0 radical (unpaired) electrons. The third kappa shape index (κ3) is 2.69. The topological polar surface area (TPSA) is 46.2 Å². The molecule has 1 aromatic rings. The van der Waals surface area contributed by atoms with Crippen molar-refractivity contribution < 1.29 is 9.59 Å². The van der Waals surface area contributed by atoms with Gasteiger partial charge in [0.1, 0.15) is 0 Å². The van der Waals surface area contributed by atoms with Gasteiger partial charge >= 0.3 is 0 Å². The molecular weight excluding hydrogens is 178 g/mol. The number of hydrogen-bond donors (Lipinski definition) is 1. The van der Waals surface area contributed by atoms with Gasteiger partial charge in [-0.25, -0.2) is 0 Å². The second kappa shape index (κ2) is 5.17. The SMILES string of the molecule is CC[C@@H](NC(=O)C=O)c1ccccc1. The van der Waals surface area contributed by atoms with E-state index in [2.05, 4.69) is 5.32 Å². The molecule has 0 aliphatic carbocycles. The smallest absolute Gasteiger partial charge is 0.284 e. The van der Waals surface area contributed by atoms with Crippen LogP contribution in [-0.4, -0.2) is 12.2 Å². The lowest BCUT2D eigenvalue weighted by atomic mass is 10.0. The van der Waals surface area contributed by atoms with Gasteiger partial charge in [-0.2, -0.15) is 0 Å². The van der Waals surface area contributed by atoms with E-state index in [1.165, 1.54) is 0 Å². The highest BCUT2D eigenvalue weighted by atomic mass is 16.2. The molecule has 0 aromatic heterocycles. The van der Waals surface area contributed by atoms with E-state index < -0.39 is 5.91 Å². The summed E-state index contributed by atoms with van der Waals surface area (Å²) in [5.41, 5.74) is 1.02. The van der Waals surface area contributed by atoms with Gasteiger partial charge in [0.25, 0.3) is 5.91 Å². The Bertz CT molecular complexity index is 308. The number of hydrogen-bond acceptors (Lipinski definition) is 2. The van der Waals surface area contributed by atoms with Gasteiger partial charge in [-0.15, -0.1) is 0 Å². The summed E-state index contributed by atoms with van der Waals surface area (Å²) >= 11 is 0. The molecule has 0 aliphatic heterocycles. The fourth-order valence-corrected chi connectivity index (χ4v) is 1.31. The maximum Gasteiger partial charge on any atom is 0.284 e. The van der Waals surface area contributed by atoms with Gasteiger partial charge in [-0.05, 0) is 12.0 Å². The predicted molar refractivity (Wildman–Crippen MR) is 53.7 cm³/mol. The van der Waals surface area contributed by atoms with Gasteiger partial charge in [0, 0.05) is 0 Å². The van der Waals surface area contributed by atoms with Gasteiger partial charge in [0.05, 0.1) is 6.04 Å². The monoisotopic (exact) mass is 191 g/mol. The van der Waals surface area contributed by atoms with E-state index >= 15 is 0 Å². The van der Waals surface area contributed by atoms with Crippen LogP contribution >= 0.6 is 0 Å². The van der Waals surface area contributed by atoms with Gasteiger partial charge in [0.2, 0.25) is 6.29 Å². The molecule has 1 rings (SSSR count). The average molecular weight is 191 g/mol. The van der Waals surface area contributed by atoms with Crippen LogP contribution in [0.1, 0.15) is 24.9 Å². The zero-order chi connectivity index (χ0) is 10.4. The minimum atomic E-state index is -0.569. The van der Waals surface area contributed by atoms with Crippen LogP contribution in [0, 0.1) is 0 Å². The first kappa shape index (κ1) is 10.4. The maximum absolute atomic E-state index is 10.9. The molecule has 0 aliphatic rings. The van der Waals surface area contributed by atoms with Crippen LogP contribution < -0.4 is 5.32 Å². The Morgan fingerprint density at radius 3 is 2.57 bits per heavy atom. The van der Waals surface area contributed by atoms with E-state index in [0.717, 1.165) is 12.0 Å². The summed E-state index contributed by atoms with van der Waals surface area (Å²) in [6, 6.07) is 9.51. The summed E-state index contributed by atoms with van der Waals surface area (Å²) in [7, 11) is 0. The molecule has 1 atom stereocenters. The van der Waals surface area contributed by atoms with E-state index in [9.17, 15) is 9.59 Å². The molecule has 0 spiro atoms. The van der Waals surface area contributed by atoms with Crippen LogP contribution in [0.5, 0.6) is 0 Å². The summed E-state index contributed by atoms with van der Waals surface area (Å²) < 4.78 is 0. The lowest BCUT2D eigenvalue weighted by Gasteiger charge is -2.15. The number of rotatable bonds is 4. The van der Waals surface area contributed by atoms with Crippen LogP contribution in [0.3, 0.4) is 0 Å². The molecule has 0 unspecified atom stereocenters. The molecule has 14 heavy (non-hydrogen) atoms. The van der Waals surface area contributed by atoms with E-state index in [-0.39, 0.29) is 6.04 Å². The standard InChI is InChI=1S/C11H13NO2/c1-2-10(12-11(14)8-13)9-6-4-3-5-7-9/h3-8,10H,2H2,1H3,(H,12,14)/t10-/m1/s1. The Balaban J connectivity index is 2.72. The summed E-state index contributed by atoms with van der Waals surface area (Å²) in [5, 5.41) is 2.63. The predicted octanol–water partition coefficient (Wildman–Crippen LogP) is 1.45. The molecule has 0 fully saturated rings. The van der Waals surface area contributed by atoms with Gasteiger partial charge in [0.15, 0.2) is 0 Å². The minimum Gasteiger partial charge on any atom is -0.343 e. The number of benzene rings is 1. The molecule has 3 heteroatoms. The van der Waals surface area contributed by atoms with Crippen LogP contribution in [0.2, 0.25) is 0 Å². The summed E-state index contributed by atoms with van der Waals surface area (Å²) in [5.74, 6) is -0.569. The third-order valence-electron chi connectivity index (χ3n) is 2.03. The normalized spacial score (nSPS) is 11.8.